The zero-order valence-electron chi connectivity index (χ0n) is 17.9. The van der Waals surface area contributed by atoms with Crippen LogP contribution in [0.2, 0.25) is 5.02 Å². The Kier molecular flexibility index (Phi) is 5.54. The molecule has 168 valence electrons. The minimum atomic E-state index is -1.12. The van der Waals surface area contributed by atoms with Crippen molar-refractivity contribution in [3.8, 4) is 0 Å². The Labute approximate surface area is 196 Å². The summed E-state index contributed by atoms with van der Waals surface area (Å²) in [5, 5.41) is 3.54. The van der Waals surface area contributed by atoms with Crippen LogP contribution in [0.3, 0.4) is 0 Å². The summed E-state index contributed by atoms with van der Waals surface area (Å²) in [6, 6.07) is 21.3. The van der Waals surface area contributed by atoms with E-state index in [1.165, 1.54) is 6.07 Å². The maximum absolute atomic E-state index is 14.9. The third-order valence-electron chi connectivity index (χ3n) is 6.54. The first-order valence-electron chi connectivity index (χ1n) is 11.0. The number of fused-ring (bicyclic) bond motifs is 2. The third kappa shape index (κ3) is 3.64. The van der Waals surface area contributed by atoms with Crippen molar-refractivity contribution in [2.75, 3.05) is 19.6 Å². The molecule has 1 fully saturated rings. The lowest BCUT2D eigenvalue weighted by Crippen LogP contribution is -2.60. The van der Waals surface area contributed by atoms with E-state index in [2.05, 4.69) is 5.32 Å². The molecule has 33 heavy (non-hydrogen) atoms. The highest BCUT2D eigenvalue weighted by atomic mass is 35.5. The van der Waals surface area contributed by atoms with Gasteiger partial charge in [-0.25, -0.2) is 9.18 Å². The molecule has 0 spiro atoms. The molecule has 2 aliphatic rings. The second-order valence-electron chi connectivity index (χ2n) is 8.34. The number of hydrogen-bond acceptors (Lipinski definition) is 2. The monoisotopic (exact) mass is 463 g/mol. The molecule has 0 aromatic heterocycles. The maximum atomic E-state index is 14.9. The average Bonchev–Trinajstić information content (AvgIpc) is 3.22. The molecule has 1 unspecified atom stereocenters. The average molecular weight is 464 g/mol. The van der Waals surface area contributed by atoms with E-state index in [-0.39, 0.29) is 18.4 Å². The first kappa shape index (κ1) is 21.5. The first-order chi connectivity index (χ1) is 16.0. The van der Waals surface area contributed by atoms with Gasteiger partial charge in [0.15, 0.2) is 0 Å². The van der Waals surface area contributed by atoms with Crippen molar-refractivity contribution >= 4 is 23.5 Å². The molecule has 2 heterocycles. The van der Waals surface area contributed by atoms with E-state index in [9.17, 15) is 14.0 Å². The summed E-state index contributed by atoms with van der Waals surface area (Å²) in [6.07, 6.45) is 0.864. The minimum Gasteiger partial charge on any atom is -0.338 e. The molecular weight excluding hydrogens is 441 g/mol. The molecule has 0 bridgehead atoms. The molecule has 5 rings (SSSR count). The second-order valence-corrected chi connectivity index (χ2v) is 8.78. The zero-order chi connectivity index (χ0) is 23.0. The van der Waals surface area contributed by atoms with Crippen LogP contribution in [0.15, 0.2) is 72.8 Å². The second kappa shape index (κ2) is 8.52. The SMILES string of the molecule is O=C(NCCc1ccccc1)N1CCN2C(=O)c3cccc(F)c3CC12c1ccc(Cl)cc1. The molecule has 3 aromatic carbocycles. The van der Waals surface area contributed by atoms with Gasteiger partial charge in [-0.1, -0.05) is 60.1 Å². The molecular formula is C26H23ClFN3O2. The quantitative estimate of drug-likeness (QED) is 0.615. The van der Waals surface area contributed by atoms with E-state index in [1.54, 1.807) is 34.1 Å². The van der Waals surface area contributed by atoms with E-state index < -0.39 is 11.5 Å². The number of hydrogen-bond donors (Lipinski definition) is 1. The van der Waals surface area contributed by atoms with Gasteiger partial charge in [-0.3, -0.25) is 9.69 Å². The summed E-state index contributed by atoms with van der Waals surface area (Å²) in [6.45, 7) is 1.17. The third-order valence-corrected chi connectivity index (χ3v) is 6.79. The van der Waals surface area contributed by atoms with Crippen molar-refractivity contribution in [3.63, 3.8) is 0 Å². The molecule has 1 N–H and O–H groups in total. The number of carbonyl (C=O) groups excluding carboxylic acids is 2. The smallest absolute Gasteiger partial charge is 0.319 e. The van der Waals surface area contributed by atoms with Gasteiger partial charge in [0.25, 0.3) is 5.91 Å². The Bertz CT molecular complexity index is 1200. The van der Waals surface area contributed by atoms with Crippen LogP contribution < -0.4 is 5.32 Å². The van der Waals surface area contributed by atoms with Gasteiger partial charge in [0, 0.05) is 42.2 Å². The van der Waals surface area contributed by atoms with Gasteiger partial charge < -0.3 is 10.2 Å². The number of urea groups is 1. The number of rotatable bonds is 4. The van der Waals surface area contributed by atoms with Gasteiger partial charge in [-0.15, -0.1) is 0 Å². The van der Waals surface area contributed by atoms with Gasteiger partial charge in [0.2, 0.25) is 0 Å². The molecule has 3 amide bonds. The molecule has 0 saturated carbocycles. The number of nitrogens with zero attached hydrogens (tertiary/aromatic N) is 2. The lowest BCUT2D eigenvalue weighted by atomic mass is 9.83. The summed E-state index contributed by atoms with van der Waals surface area (Å²) in [4.78, 5) is 30.2. The van der Waals surface area contributed by atoms with Gasteiger partial charge in [0.1, 0.15) is 11.5 Å². The summed E-state index contributed by atoms with van der Waals surface area (Å²) in [7, 11) is 0. The summed E-state index contributed by atoms with van der Waals surface area (Å²) >= 11 is 6.12. The maximum Gasteiger partial charge on any atom is 0.319 e. The Morgan fingerprint density at radius 3 is 2.52 bits per heavy atom. The van der Waals surface area contributed by atoms with Crippen LogP contribution in [0.1, 0.15) is 27.0 Å². The van der Waals surface area contributed by atoms with Crippen LogP contribution in [0.5, 0.6) is 0 Å². The molecule has 7 heteroatoms. The molecule has 3 aromatic rings. The van der Waals surface area contributed by atoms with Crippen LogP contribution in [0, 0.1) is 5.82 Å². The van der Waals surface area contributed by atoms with Gasteiger partial charge in [-0.2, -0.15) is 0 Å². The Morgan fingerprint density at radius 1 is 1.00 bits per heavy atom. The van der Waals surface area contributed by atoms with Crippen molar-refractivity contribution in [1.29, 1.82) is 0 Å². The van der Waals surface area contributed by atoms with Crippen LogP contribution >= 0.6 is 11.6 Å². The topological polar surface area (TPSA) is 52.7 Å². The van der Waals surface area contributed by atoms with Crippen molar-refractivity contribution in [2.24, 2.45) is 0 Å². The van der Waals surface area contributed by atoms with Crippen molar-refractivity contribution in [1.82, 2.24) is 15.1 Å². The Morgan fingerprint density at radius 2 is 1.76 bits per heavy atom. The van der Waals surface area contributed by atoms with E-state index in [1.807, 2.05) is 42.5 Å². The van der Waals surface area contributed by atoms with Gasteiger partial charge in [0.05, 0.1) is 0 Å². The van der Waals surface area contributed by atoms with Crippen molar-refractivity contribution in [2.45, 2.75) is 18.5 Å². The molecule has 0 radical (unpaired) electrons. The van der Waals surface area contributed by atoms with Gasteiger partial charge >= 0.3 is 6.03 Å². The fraction of sp³-hybridized carbons (Fsp3) is 0.231. The number of halogens is 2. The summed E-state index contributed by atoms with van der Waals surface area (Å²) < 4.78 is 14.9. The predicted molar refractivity (Wildman–Crippen MR) is 125 cm³/mol. The highest BCUT2D eigenvalue weighted by molar-refractivity contribution is 6.30. The first-order valence-corrected chi connectivity index (χ1v) is 11.3. The normalized spacial score (nSPS) is 19.3. The molecule has 5 nitrogen and oxygen atoms in total. The van der Waals surface area contributed by atoms with Crippen molar-refractivity contribution in [3.05, 3.63) is 106 Å². The van der Waals surface area contributed by atoms with Crippen LogP contribution in [-0.4, -0.2) is 41.4 Å². The Balaban J connectivity index is 1.50. The summed E-state index contributed by atoms with van der Waals surface area (Å²) in [5.74, 6) is -0.713. The minimum absolute atomic E-state index is 0.175. The highest BCUT2D eigenvalue weighted by Crippen LogP contribution is 2.45. The molecule has 0 aliphatic carbocycles. The molecule has 1 saturated heterocycles. The van der Waals surface area contributed by atoms with E-state index >= 15 is 0 Å². The number of amides is 3. The largest absolute Gasteiger partial charge is 0.338 e. The number of carbonyl (C=O) groups is 2. The van der Waals surface area contributed by atoms with Crippen LogP contribution in [-0.2, 0) is 18.5 Å². The number of benzene rings is 3. The van der Waals surface area contributed by atoms with Crippen molar-refractivity contribution < 1.29 is 14.0 Å². The van der Waals surface area contributed by atoms with Gasteiger partial charge in [-0.05, 0) is 41.8 Å². The van der Waals surface area contributed by atoms with E-state index in [4.69, 9.17) is 11.6 Å². The van der Waals surface area contributed by atoms with E-state index in [0.717, 1.165) is 11.1 Å². The number of nitrogens with one attached hydrogen (secondary N) is 1. The highest BCUT2D eigenvalue weighted by Gasteiger charge is 2.56. The fourth-order valence-electron chi connectivity index (χ4n) is 4.96. The van der Waals surface area contributed by atoms with Crippen LogP contribution in [0.4, 0.5) is 9.18 Å². The van der Waals surface area contributed by atoms with E-state index in [0.29, 0.717) is 42.2 Å². The lowest BCUT2D eigenvalue weighted by molar-refractivity contribution is 0.0196. The zero-order valence-corrected chi connectivity index (χ0v) is 18.7. The standard InChI is InChI=1S/C26H23ClFN3O2/c27-20-11-9-19(10-12-20)26-17-22-21(7-4-8-23(22)28)24(32)30(26)15-16-31(26)25(33)29-14-13-18-5-2-1-3-6-18/h1-12H,13-17H2,(H,29,33). The molecule has 1 atom stereocenters. The Hall–Kier alpha value is -3.38. The summed E-state index contributed by atoms with van der Waals surface area (Å²) in [5.41, 5.74) is 1.42. The van der Waals surface area contributed by atoms with Crippen LogP contribution in [0.25, 0.3) is 0 Å². The predicted octanol–water partition coefficient (Wildman–Crippen LogP) is 4.60. The molecule has 2 aliphatic heterocycles. The lowest BCUT2D eigenvalue weighted by Gasteiger charge is -2.47. The fourth-order valence-corrected chi connectivity index (χ4v) is 5.09.